The number of carbonyl (C=O) groups is 2. The summed E-state index contributed by atoms with van der Waals surface area (Å²) in [6.45, 7) is 3.47. The maximum Gasteiger partial charge on any atom is 0.472 e. The van der Waals surface area contributed by atoms with Crippen molar-refractivity contribution in [2.45, 2.75) is 187 Å². The third-order valence-corrected chi connectivity index (χ3v) is 9.75. The lowest BCUT2D eigenvalue weighted by atomic mass is 10.0. The van der Waals surface area contributed by atoms with Gasteiger partial charge in [-0.3, -0.25) is 18.6 Å². The number of ether oxygens (including phenoxy) is 1. The maximum absolute atomic E-state index is 12.1. The summed E-state index contributed by atoms with van der Waals surface area (Å²) in [5, 5.41) is 12.7. The minimum Gasteiger partial charge on any atom is -0.463 e. The molecule has 1 amide bonds. The van der Waals surface area contributed by atoms with Crippen LogP contribution >= 0.6 is 7.82 Å². The third kappa shape index (κ3) is 41.0. The molecule has 308 valence electrons. The van der Waals surface area contributed by atoms with E-state index in [4.69, 9.17) is 13.8 Å². The lowest BCUT2D eigenvalue weighted by Gasteiger charge is -2.15. The normalized spacial score (nSPS) is 13.8. The number of carbonyl (C=O) groups excluding carboxylic acids is 2. The standard InChI is InChI=1S/C43H78NO8P/c1-3-5-7-9-11-13-15-17-19-20-22-24-26-28-30-32-34-36-43(47)50-39-41(45)40-52-53(48,49)51-38-37-44-42(46)35-33-31-29-27-25-23-21-18-16-14-12-10-8-6-4-2/h11,13,17,19,22,24,28,30,41,45H,3-10,12,14-16,18,20-21,23,25-27,29,31-40H2,1-2H3,(H,44,46)(H,48,49)/b13-11-,19-17-,24-22-,30-28-. The van der Waals surface area contributed by atoms with Crippen LogP contribution in [-0.2, 0) is 27.9 Å². The van der Waals surface area contributed by atoms with E-state index in [0.717, 1.165) is 44.9 Å². The van der Waals surface area contributed by atoms with Gasteiger partial charge in [-0.1, -0.05) is 165 Å². The zero-order valence-corrected chi connectivity index (χ0v) is 34.6. The van der Waals surface area contributed by atoms with Crippen molar-refractivity contribution >= 4 is 19.7 Å². The number of allylic oxidation sites excluding steroid dienone is 8. The second-order valence-electron chi connectivity index (χ2n) is 14.0. The molecule has 3 N–H and O–H groups in total. The highest BCUT2D eigenvalue weighted by atomic mass is 31.2. The molecule has 0 saturated heterocycles. The lowest BCUT2D eigenvalue weighted by molar-refractivity contribution is -0.147. The SMILES string of the molecule is CCCCC/C=C\C/C=C\C/C=C\C/C=C\CCCC(=O)OCC(O)COP(=O)(O)OCCNC(=O)CCCCCCCCCCCCCCCCC. The Bertz CT molecular complexity index is 1010. The van der Waals surface area contributed by atoms with Crippen LogP contribution < -0.4 is 5.32 Å². The van der Waals surface area contributed by atoms with Crippen LogP contribution in [0.25, 0.3) is 0 Å². The largest absolute Gasteiger partial charge is 0.472 e. The molecule has 9 nitrogen and oxygen atoms in total. The average Bonchev–Trinajstić information content (AvgIpc) is 3.14. The van der Waals surface area contributed by atoms with Gasteiger partial charge in [0.05, 0.1) is 13.2 Å². The van der Waals surface area contributed by atoms with E-state index in [9.17, 15) is 24.2 Å². The monoisotopic (exact) mass is 768 g/mol. The summed E-state index contributed by atoms with van der Waals surface area (Å²) in [7, 11) is -4.43. The van der Waals surface area contributed by atoms with E-state index < -0.39 is 26.5 Å². The van der Waals surface area contributed by atoms with Crippen molar-refractivity contribution in [1.29, 1.82) is 0 Å². The number of rotatable bonds is 39. The zero-order chi connectivity index (χ0) is 38.9. The zero-order valence-electron chi connectivity index (χ0n) is 33.7. The van der Waals surface area contributed by atoms with Crippen LogP contribution in [0.5, 0.6) is 0 Å². The fraction of sp³-hybridized carbons (Fsp3) is 0.767. The van der Waals surface area contributed by atoms with Gasteiger partial charge in [-0.05, 0) is 51.4 Å². The highest BCUT2D eigenvalue weighted by Gasteiger charge is 2.23. The highest BCUT2D eigenvalue weighted by Crippen LogP contribution is 2.42. The molecule has 0 aliphatic carbocycles. The Hall–Kier alpha value is -2.03. The number of aliphatic hydroxyl groups excluding tert-OH is 1. The molecule has 0 aromatic rings. The van der Waals surface area contributed by atoms with Crippen LogP contribution in [0, 0.1) is 0 Å². The second-order valence-corrected chi connectivity index (χ2v) is 15.4. The minimum absolute atomic E-state index is 0.0761. The van der Waals surface area contributed by atoms with Crippen LogP contribution in [0.15, 0.2) is 48.6 Å². The number of hydrogen-bond donors (Lipinski definition) is 3. The van der Waals surface area contributed by atoms with Gasteiger partial charge >= 0.3 is 13.8 Å². The molecule has 0 radical (unpaired) electrons. The lowest BCUT2D eigenvalue weighted by Crippen LogP contribution is -2.27. The van der Waals surface area contributed by atoms with Crippen molar-refractivity contribution in [2.24, 2.45) is 0 Å². The second kappa shape index (κ2) is 39.7. The molecule has 0 aromatic heterocycles. The predicted octanol–water partition coefficient (Wildman–Crippen LogP) is 11.5. The molecule has 0 aliphatic heterocycles. The number of unbranched alkanes of at least 4 members (excludes halogenated alkanes) is 18. The minimum atomic E-state index is -4.43. The van der Waals surface area contributed by atoms with Gasteiger partial charge < -0.3 is 20.1 Å². The topological polar surface area (TPSA) is 131 Å². The quantitative estimate of drug-likeness (QED) is 0.0244. The van der Waals surface area contributed by atoms with Gasteiger partial charge in [0.25, 0.3) is 0 Å². The summed E-state index contributed by atoms with van der Waals surface area (Å²) in [6, 6.07) is 0. The molecule has 0 bridgehead atoms. The van der Waals surface area contributed by atoms with E-state index in [1.165, 1.54) is 103 Å². The van der Waals surface area contributed by atoms with Gasteiger partial charge in [-0.25, -0.2) is 4.57 Å². The molecule has 0 heterocycles. The van der Waals surface area contributed by atoms with E-state index in [1.54, 1.807) is 0 Å². The van der Waals surface area contributed by atoms with E-state index in [2.05, 4.69) is 61.7 Å². The first-order valence-electron chi connectivity index (χ1n) is 21.1. The Morgan fingerprint density at radius 3 is 1.57 bits per heavy atom. The first-order chi connectivity index (χ1) is 25.8. The van der Waals surface area contributed by atoms with Crippen LogP contribution in [0.4, 0.5) is 0 Å². The maximum atomic E-state index is 12.1. The van der Waals surface area contributed by atoms with Gasteiger partial charge in [0.15, 0.2) is 0 Å². The fourth-order valence-corrected chi connectivity index (χ4v) is 6.31. The molecule has 0 spiro atoms. The number of phosphoric ester groups is 1. The average molecular weight is 768 g/mol. The summed E-state index contributed by atoms with van der Waals surface area (Å²) in [6.07, 6.45) is 44.7. The van der Waals surface area contributed by atoms with Crippen LogP contribution in [0.2, 0.25) is 0 Å². The summed E-state index contributed by atoms with van der Waals surface area (Å²) in [5.74, 6) is -0.572. The van der Waals surface area contributed by atoms with Gasteiger partial charge in [0, 0.05) is 19.4 Å². The van der Waals surface area contributed by atoms with Crippen molar-refractivity contribution < 1.29 is 37.9 Å². The fourth-order valence-electron chi connectivity index (χ4n) is 5.55. The molecule has 53 heavy (non-hydrogen) atoms. The Balaban J connectivity index is 3.68. The van der Waals surface area contributed by atoms with Crippen LogP contribution in [0.1, 0.15) is 181 Å². The van der Waals surface area contributed by atoms with Crippen molar-refractivity contribution in [3.8, 4) is 0 Å². The van der Waals surface area contributed by atoms with Crippen LogP contribution in [-0.4, -0.2) is 54.3 Å². The molecular weight excluding hydrogens is 689 g/mol. The smallest absolute Gasteiger partial charge is 0.463 e. The summed E-state index contributed by atoms with van der Waals surface area (Å²) in [4.78, 5) is 33.8. The molecule has 0 saturated carbocycles. The molecule has 2 unspecified atom stereocenters. The molecule has 0 fully saturated rings. The van der Waals surface area contributed by atoms with E-state index in [-0.39, 0.29) is 32.1 Å². The van der Waals surface area contributed by atoms with Crippen molar-refractivity contribution in [3.05, 3.63) is 48.6 Å². The van der Waals surface area contributed by atoms with Gasteiger partial charge in [0.1, 0.15) is 12.7 Å². The number of aliphatic hydroxyl groups is 1. The van der Waals surface area contributed by atoms with Crippen molar-refractivity contribution in [1.82, 2.24) is 5.32 Å². The number of amides is 1. The third-order valence-electron chi connectivity index (χ3n) is 8.76. The highest BCUT2D eigenvalue weighted by molar-refractivity contribution is 7.47. The summed E-state index contributed by atoms with van der Waals surface area (Å²) < 4.78 is 26.8. The van der Waals surface area contributed by atoms with E-state index >= 15 is 0 Å². The van der Waals surface area contributed by atoms with Crippen LogP contribution in [0.3, 0.4) is 0 Å². The molecular formula is C43H78NO8P. The Labute approximate surface area is 324 Å². The Morgan fingerprint density at radius 1 is 0.585 bits per heavy atom. The molecule has 0 rings (SSSR count). The first-order valence-corrected chi connectivity index (χ1v) is 22.6. The number of phosphoric acid groups is 1. The summed E-state index contributed by atoms with van der Waals surface area (Å²) >= 11 is 0. The van der Waals surface area contributed by atoms with Gasteiger partial charge in [0.2, 0.25) is 5.91 Å². The van der Waals surface area contributed by atoms with E-state index in [1.807, 2.05) is 6.08 Å². The molecule has 0 aromatic carbocycles. The molecule has 2 atom stereocenters. The van der Waals surface area contributed by atoms with Crippen molar-refractivity contribution in [2.75, 3.05) is 26.4 Å². The van der Waals surface area contributed by atoms with Gasteiger partial charge in [-0.2, -0.15) is 0 Å². The molecule has 10 heteroatoms. The van der Waals surface area contributed by atoms with E-state index in [0.29, 0.717) is 12.8 Å². The number of hydrogen-bond acceptors (Lipinski definition) is 7. The predicted molar refractivity (Wildman–Crippen MR) is 220 cm³/mol. The number of nitrogens with one attached hydrogen (secondary N) is 1. The summed E-state index contributed by atoms with van der Waals surface area (Å²) in [5.41, 5.74) is 0. The molecule has 0 aliphatic rings. The van der Waals surface area contributed by atoms with Gasteiger partial charge in [-0.15, -0.1) is 0 Å². The Kier molecular flexibility index (Phi) is 38.1. The number of esters is 1. The first kappa shape index (κ1) is 51.0. The Morgan fingerprint density at radius 2 is 1.04 bits per heavy atom. The van der Waals surface area contributed by atoms with Crippen molar-refractivity contribution in [3.63, 3.8) is 0 Å².